The smallest absolute Gasteiger partial charge is 0.543 e. The first kappa shape index (κ1) is 42.9. The van der Waals surface area contributed by atoms with Gasteiger partial charge in [-0.1, -0.05) is 76.9 Å². The molecule has 4 aromatic carbocycles. The van der Waals surface area contributed by atoms with Crippen LogP contribution in [0.4, 0.5) is 17.6 Å². The van der Waals surface area contributed by atoms with E-state index in [9.17, 15) is 27.5 Å². The molecule has 5 nitrogen and oxygen atoms in total. The molecular weight excluding hydrogens is 895 g/mol. The summed E-state index contributed by atoms with van der Waals surface area (Å²) in [5.74, 6) is -3.85. The van der Waals surface area contributed by atoms with Crippen molar-refractivity contribution in [3.05, 3.63) is 184 Å². The maximum Gasteiger partial charge on any atom is 3.00 e. The summed E-state index contributed by atoms with van der Waals surface area (Å²) < 4.78 is 54.1. The third kappa shape index (κ3) is 10.7. The molecule has 0 aliphatic carbocycles. The second-order valence-electron chi connectivity index (χ2n) is 13.0. The molecule has 7 rings (SSSR count). The third-order valence-corrected chi connectivity index (χ3v) is 8.55. The zero-order chi connectivity index (χ0) is 39.8. The van der Waals surface area contributed by atoms with Crippen molar-refractivity contribution in [3.63, 3.8) is 0 Å². The minimum Gasteiger partial charge on any atom is -0.543 e. The summed E-state index contributed by atoms with van der Waals surface area (Å²) in [6.07, 6.45) is 4.69. The summed E-state index contributed by atoms with van der Waals surface area (Å²) in [5, 5.41) is 10.0. The molecule has 3 aromatic heterocycles. The molecule has 56 heavy (non-hydrogen) atoms. The molecule has 0 N–H and O–H groups in total. The molecule has 10 heteroatoms. The standard InChI is InChI=1S/2C20H16F2N.C6H5NO2.Ir/c2*1-12-8-13(2)20(14(3)9-12)15-6-7-23-19(10-15)17-5-4-16(21)11-18(17)22;8-6(9)5-3-1-2-4-7-5;/h2*4,6-11H,1-3H3;1-4H,(H,8,9);/q2*-1;;+3/p-1. The van der Waals surface area contributed by atoms with E-state index in [1.165, 1.54) is 23.4 Å². The van der Waals surface area contributed by atoms with Crippen LogP contribution in [0.25, 0.3) is 44.8 Å². The van der Waals surface area contributed by atoms with Crippen LogP contribution in [-0.2, 0) is 20.1 Å². The Bertz CT molecular complexity index is 2300. The fourth-order valence-corrected chi connectivity index (χ4v) is 6.48. The Hall–Kier alpha value is -5.83. The number of rotatable bonds is 5. The van der Waals surface area contributed by atoms with Gasteiger partial charge in [-0.2, -0.15) is 0 Å². The van der Waals surface area contributed by atoms with Crippen molar-refractivity contribution in [3.8, 4) is 44.8 Å². The molecule has 0 fully saturated rings. The first-order valence-electron chi connectivity index (χ1n) is 17.2. The Morgan fingerprint density at radius 2 is 0.964 bits per heavy atom. The number of carboxylic acids is 1. The van der Waals surface area contributed by atoms with E-state index in [-0.39, 0.29) is 36.9 Å². The number of aromatic nitrogens is 3. The van der Waals surface area contributed by atoms with Crippen molar-refractivity contribution in [1.29, 1.82) is 0 Å². The van der Waals surface area contributed by atoms with Crippen LogP contribution in [0.5, 0.6) is 0 Å². The predicted octanol–water partition coefficient (Wildman–Crippen LogP) is 10.3. The van der Waals surface area contributed by atoms with Gasteiger partial charge in [0.2, 0.25) is 0 Å². The third-order valence-electron chi connectivity index (χ3n) is 8.55. The monoisotopic (exact) mass is 931 g/mol. The maximum atomic E-state index is 14.0. The minimum absolute atomic E-state index is 0. The molecule has 0 aliphatic rings. The van der Waals surface area contributed by atoms with Gasteiger partial charge >= 0.3 is 20.1 Å². The van der Waals surface area contributed by atoms with Crippen molar-refractivity contribution >= 4 is 5.97 Å². The van der Waals surface area contributed by atoms with E-state index in [1.807, 2.05) is 24.3 Å². The fraction of sp³-hybridized carbons (Fsp3) is 0.130. The first-order valence-corrected chi connectivity index (χ1v) is 17.2. The molecule has 0 atom stereocenters. The first-order chi connectivity index (χ1) is 26.2. The van der Waals surface area contributed by atoms with Crippen LogP contribution in [0.15, 0.2) is 110 Å². The van der Waals surface area contributed by atoms with Crippen LogP contribution in [0.3, 0.4) is 0 Å². The molecule has 0 bridgehead atoms. The molecular formula is C46H36F4IrN3O2. The van der Waals surface area contributed by atoms with E-state index >= 15 is 0 Å². The largest absolute Gasteiger partial charge is 3.00 e. The summed E-state index contributed by atoms with van der Waals surface area (Å²) in [6.45, 7) is 12.3. The van der Waals surface area contributed by atoms with Gasteiger partial charge in [0.1, 0.15) is 0 Å². The average Bonchev–Trinajstić information content (AvgIpc) is 3.12. The van der Waals surface area contributed by atoms with E-state index in [2.05, 4.69) is 92.9 Å². The molecule has 284 valence electrons. The molecule has 3 heterocycles. The molecule has 0 aliphatic heterocycles. The van der Waals surface area contributed by atoms with Crippen molar-refractivity contribution in [2.24, 2.45) is 0 Å². The van der Waals surface area contributed by atoms with Gasteiger partial charge in [0.05, 0.1) is 11.7 Å². The number of benzene rings is 4. The molecule has 0 radical (unpaired) electrons. The van der Waals surface area contributed by atoms with Crippen LogP contribution >= 0.6 is 0 Å². The molecule has 7 aromatic rings. The average molecular weight is 931 g/mol. The number of carbonyl (C=O) groups is 1. The number of carboxylic acid groups (broad SMARTS) is 1. The second kappa shape index (κ2) is 19.2. The van der Waals surface area contributed by atoms with Gasteiger partial charge in [-0.3, -0.25) is 22.5 Å². The number of aromatic carboxylic acids is 1. The quantitative estimate of drug-likeness (QED) is 0.127. The zero-order valence-electron chi connectivity index (χ0n) is 31.4. The number of nitrogens with zero attached hydrogens (tertiary/aromatic N) is 3. The summed E-state index contributed by atoms with van der Waals surface area (Å²) in [6, 6.07) is 29.7. The maximum absolute atomic E-state index is 14.0. The summed E-state index contributed by atoms with van der Waals surface area (Å²) in [4.78, 5) is 22.0. The van der Waals surface area contributed by atoms with E-state index in [0.29, 0.717) is 11.4 Å². The number of halogens is 4. The Labute approximate surface area is 337 Å². The number of aryl methyl sites for hydroxylation is 6. The Kier molecular flexibility index (Phi) is 14.7. The molecule has 0 saturated heterocycles. The van der Waals surface area contributed by atoms with Gasteiger partial charge in [-0.05, 0) is 122 Å². The number of carbonyl (C=O) groups excluding carboxylic acids is 1. The van der Waals surface area contributed by atoms with Crippen LogP contribution in [0.1, 0.15) is 43.9 Å². The van der Waals surface area contributed by atoms with E-state index in [1.54, 1.807) is 24.5 Å². The molecule has 0 spiro atoms. The summed E-state index contributed by atoms with van der Waals surface area (Å²) in [5.41, 5.74) is 12.4. The van der Waals surface area contributed by atoms with Gasteiger partial charge in [-0.15, -0.1) is 24.3 Å². The summed E-state index contributed by atoms with van der Waals surface area (Å²) in [7, 11) is 0. The van der Waals surface area contributed by atoms with Gasteiger partial charge in [0.25, 0.3) is 0 Å². The number of pyridine rings is 3. The Morgan fingerprint density at radius 3 is 1.29 bits per heavy atom. The second-order valence-corrected chi connectivity index (χ2v) is 13.0. The molecule has 0 saturated carbocycles. The molecule has 0 unspecified atom stereocenters. The van der Waals surface area contributed by atoms with Crippen molar-refractivity contribution in [2.75, 3.05) is 0 Å². The normalized spacial score (nSPS) is 10.3. The van der Waals surface area contributed by atoms with E-state index in [4.69, 9.17) is 0 Å². The topological polar surface area (TPSA) is 78.8 Å². The molecule has 0 amide bonds. The predicted molar refractivity (Wildman–Crippen MR) is 205 cm³/mol. The van der Waals surface area contributed by atoms with Crippen molar-refractivity contribution < 1.29 is 47.6 Å². The fourth-order valence-electron chi connectivity index (χ4n) is 6.48. The zero-order valence-corrected chi connectivity index (χ0v) is 33.8. The van der Waals surface area contributed by atoms with Crippen molar-refractivity contribution in [2.45, 2.75) is 41.5 Å². The number of hydrogen-bond donors (Lipinski definition) is 0. The van der Waals surface area contributed by atoms with Gasteiger partial charge in [-0.25, -0.2) is 0 Å². The van der Waals surface area contributed by atoms with E-state index < -0.39 is 29.2 Å². The van der Waals surface area contributed by atoms with Gasteiger partial charge in [0.15, 0.2) is 0 Å². The van der Waals surface area contributed by atoms with Crippen LogP contribution < -0.4 is 5.11 Å². The van der Waals surface area contributed by atoms with Gasteiger partial charge < -0.3 is 19.9 Å². The minimum atomic E-state index is -1.24. The Balaban J connectivity index is 0.000000201. The van der Waals surface area contributed by atoms with Crippen LogP contribution in [-0.4, -0.2) is 20.9 Å². The van der Waals surface area contributed by atoms with Gasteiger partial charge in [0, 0.05) is 41.9 Å². The van der Waals surface area contributed by atoms with Crippen LogP contribution in [0, 0.1) is 76.9 Å². The van der Waals surface area contributed by atoms with Crippen molar-refractivity contribution in [1.82, 2.24) is 15.0 Å². The summed E-state index contributed by atoms with van der Waals surface area (Å²) >= 11 is 0. The number of hydrogen-bond acceptors (Lipinski definition) is 5. The van der Waals surface area contributed by atoms with Crippen LogP contribution in [0.2, 0.25) is 0 Å². The van der Waals surface area contributed by atoms with E-state index in [0.717, 1.165) is 68.8 Å². The Morgan fingerprint density at radius 1 is 0.554 bits per heavy atom. The SMILES string of the molecule is Cc1cc(C)c(-c2ccnc(-c3[c-]cc(F)cc3F)c2)c(C)c1.Cc1cc(C)c(-c2ccnc(-c3[c-]cc(F)cc3F)c2)c(C)c1.O=C([O-])c1ccccn1.[Ir+3].